The number of aromatic nitrogens is 1. The molecule has 94 valence electrons. The molecule has 1 N–H and O–H groups in total. The minimum atomic E-state index is -0.686. The third-order valence-electron chi connectivity index (χ3n) is 3.34. The standard InChI is InChI=1S/C12H18N2O3/c15-12(16)2-1-10-4-7-14(8-5-10)9-11-3-6-13-17-11/h3,6,10H,1-2,4-5,7-9H2,(H,15,16). The van der Waals surface area contributed by atoms with Gasteiger partial charge in [-0.05, 0) is 38.3 Å². The Kier molecular flexibility index (Phi) is 4.14. The maximum Gasteiger partial charge on any atom is 0.303 e. The van der Waals surface area contributed by atoms with Crippen molar-refractivity contribution in [2.24, 2.45) is 5.92 Å². The minimum absolute atomic E-state index is 0.298. The number of aliphatic carboxylic acids is 1. The highest BCUT2D eigenvalue weighted by molar-refractivity contribution is 5.66. The third-order valence-corrected chi connectivity index (χ3v) is 3.34. The predicted molar refractivity (Wildman–Crippen MR) is 61.4 cm³/mol. The molecular weight excluding hydrogens is 220 g/mol. The fourth-order valence-electron chi connectivity index (χ4n) is 2.30. The van der Waals surface area contributed by atoms with E-state index >= 15 is 0 Å². The largest absolute Gasteiger partial charge is 0.481 e. The Bertz CT molecular complexity index is 343. The van der Waals surface area contributed by atoms with Gasteiger partial charge in [-0.25, -0.2) is 0 Å². The first-order chi connectivity index (χ1) is 8.24. The molecule has 0 aliphatic carbocycles. The highest BCUT2D eigenvalue weighted by Crippen LogP contribution is 2.22. The zero-order chi connectivity index (χ0) is 12.1. The molecule has 1 fully saturated rings. The molecule has 1 aromatic rings. The Morgan fingerprint density at radius 2 is 2.29 bits per heavy atom. The SMILES string of the molecule is O=C(O)CCC1CCN(Cc2ccno2)CC1. The minimum Gasteiger partial charge on any atom is -0.481 e. The molecule has 0 atom stereocenters. The highest BCUT2D eigenvalue weighted by atomic mass is 16.5. The van der Waals surface area contributed by atoms with Crippen LogP contribution in [0.2, 0.25) is 0 Å². The zero-order valence-corrected chi connectivity index (χ0v) is 9.84. The number of hydrogen-bond donors (Lipinski definition) is 1. The van der Waals surface area contributed by atoms with Crippen molar-refractivity contribution in [3.05, 3.63) is 18.0 Å². The molecule has 1 aliphatic heterocycles. The van der Waals surface area contributed by atoms with Crippen LogP contribution in [0.5, 0.6) is 0 Å². The predicted octanol–water partition coefficient (Wildman–Crippen LogP) is 1.75. The van der Waals surface area contributed by atoms with Crippen molar-refractivity contribution in [3.63, 3.8) is 0 Å². The van der Waals surface area contributed by atoms with Crippen LogP contribution in [-0.4, -0.2) is 34.2 Å². The second-order valence-electron chi connectivity index (χ2n) is 4.63. The lowest BCUT2D eigenvalue weighted by Gasteiger charge is -2.30. The summed E-state index contributed by atoms with van der Waals surface area (Å²) in [4.78, 5) is 12.8. The van der Waals surface area contributed by atoms with E-state index in [1.54, 1.807) is 6.20 Å². The van der Waals surface area contributed by atoms with Crippen LogP contribution in [0.15, 0.2) is 16.8 Å². The van der Waals surface area contributed by atoms with Gasteiger partial charge in [0, 0.05) is 12.5 Å². The van der Waals surface area contributed by atoms with Crippen LogP contribution in [0.1, 0.15) is 31.4 Å². The van der Waals surface area contributed by atoms with Crippen molar-refractivity contribution in [1.82, 2.24) is 10.1 Å². The molecule has 2 rings (SSSR count). The van der Waals surface area contributed by atoms with E-state index in [2.05, 4.69) is 10.1 Å². The molecule has 0 bridgehead atoms. The summed E-state index contributed by atoms with van der Waals surface area (Å²) < 4.78 is 5.07. The smallest absolute Gasteiger partial charge is 0.303 e. The number of carbonyl (C=O) groups is 1. The van der Waals surface area contributed by atoms with Crippen molar-refractivity contribution >= 4 is 5.97 Å². The van der Waals surface area contributed by atoms with Gasteiger partial charge in [0.15, 0.2) is 5.76 Å². The Morgan fingerprint density at radius 1 is 1.53 bits per heavy atom. The molecule has 0 unspecified atom stereocenters. The summed E-state index contributed by atoms with van der Waals surface area (Å²) in [7, 11) is 0. The van der Waals surface area contributed by atoms with Gasteiger partial charge in [-0.1, -0.05) is 5.16 Å². The van der Waals surface area contributed by atoms with Crippen molar-refractivity contribution < 1.29 is 14.4 Å². The van der Waals surface area contributed by atoms with Crippen LogP contribution < -0.4 is 0 Å². The number of likely N-dealkylation sites (tertiary alicyclic amines) is 1. The highest BCUT2D eigenvalue weighted by Gasteiger charge is 2.20. The maximum absolute atomic E-state index is 10.5. The number of carboxylic acids is 1. The van der Waals surface area contributed by atoms with E-state index in [-0.39, 0.29) is 0 Å². The average molecular weight is 238 g/mol. The maximum atomic E-state index is 10.5. The summed E-state index contributed by atoms with van der Waals surface area (Å²) >= 11 is 0. The van der Waals surface area contributed by atoms with Crippen molar-refractivity contribution in [2.75, 3.05) is 13.1 Å². The van der Waals surface area contributed by atoms with Crippen LogP contribution >= 0.6 is 0 Å². The average Bonchev–Trinajstić information content (AvgIpc) is 2.81. The monoisotopic (exact) mass is 238 g/mol. The fraction of sp³-hybridized carbons (Fsp3) is 0.667. The fourth-order valence-corrected chi connectivity index (χ4v) is 2.30. The van der Waals surface area contributed by atoms with E-state index in [4.69, 9.17) is 9.63 Å². The second-order valence-corrected chi connectivity index (χ2v) is 4.63. The van der Waals surface area contributed by atoms with Gasteiger partial charge in [-0.3, -0.25) is 9.69 Å². The molecule has 0 amide bonds. The van der Waals surface area contributed by atoms with Gasteiger partial charge in [-0.15, -0.1) is 0 Å². The van der Waals surface area contributed by atoms with Gasteiger partial charge < -0.3 is 9.63 Å². The summed E-state index contributed by atoms with van der Waals surface area (Å²) in [6.45, 7) is 2.85. The quantitative estimate of drug-likeness (QED) is 0.846. The molecule has 5 heteroatoms. The summed E-state index contributed by atoms with van der Waals surface area (Å²) in [5.74, 6) is 0.778. The van der Waals surface area contributed by atoms with Gasteiger partial charge in [-0.2, -0.15) is 0 Å². The summed E-state index contributed by atoms with van der Waals surface area (Å²) in [6.07, 6.45) is 4.94. The lowest BCUT2D eigenvalue weighted by Crippen LogP contribution is -2.33. The molecule has 0 spiro atoms. The summed E-state index contributed by atoms with van der Waals surface area (Å²) in [5.41, 5.74) is 0. The topological polar surface area (TPSA) is 66.6 Å². The lowest BCUT2D eigenvalue weighted by atomic mass is 9.92. The number of hydrogen-bond acceptors (Lipinski definition) is 4. The Labute approximate surface area is 100 Å². The summed E-state index contributed by atoms with van der Waals surface area (Å²) in [6, 6.07) is 1.89. The van der Waals surface area contributed by atoms with Crippen molar-refractivity contribution in [1.29, 1.82) is 0 Å². The second kappa shape index (κ2) is 5.82. The van der Waals surface area contributed by atoms with E-state index in [0.717, 1.165) is 44.7 Å². The Balaban J connectivity index is 1.69. The van der Waals surface area contributed by atoms with Crippen LogP contribution in [-0.2, 0) is 11.3 Å². The first-order valence-corrected chi connectivity index (χ1v) is 6.08. The van der Waals surface area contributed by atoms with Crippen LogP contribution in [0.4, 0.5) is 0 Å². The van der Waals surface area contributed by atoms with Gasteiger partial charge in [0.2, 0.25) is 0 Å². The van der Waals surface area contributed by atoms with E-state index in [1.165, 1.54) is 0 Å². The van der Waals surface area contributed by atoms with Gasteiger partial charge in [0.05, 0.1) is 12.7 Å². The molecule has 0 aromatic carbocycles. The molecular formula is C12H18N2O3. The molecule has 17 heavy (non-hydrogen) atoms. The number of rotatable bonds is 5. The number of nitrogens with zero attached hydrogens (tertiary/aromatic N) is 2. The normalized spacial score (nSPS) is 18.4. The molecule has 0 saturated carbocycles. The van der Waals surface area contributed by atoms with Crippen LogP contribution in [0.25, 0.3) is 0 Å². The Morgan fingerprint density at radius 3 is 2.88 bits per heavy atom. The first kappa shape index (κ1) is 12.1. The van der Waals surface area contributed by atoms with E-state index < -0.39 is 5.97 Å². The van der Waals surface area contributed by atoms with Crippen molar-refractivity contribution in [2.45, 2.75) is 32.2 Å². The van der Waals surface area contributed by atoms with E-state index in [9.17, 15) is 4.79 Å². The number of carboxylic acid groups (broad SMARTS) is 1. The molecule has 1 aliphatic rings. The number of piperidine rings is 1. The Hall–Kier alpha value is -1.36. The van der Waals surface area contributed by atoms with E-state index in [0.29, 0.717) is 12.3 Å². The lowest BCUT2D eigenvalue weighted by molar-refractivity contribution is -0.137. The zero-order valence-electron chi connectivity index (χ0n) is 9.84. The van der Waals surface area contributed by atoms with Gasteiger partial charge in [0.1, 0.15) is 0 Å². The first-order valence-electron chi connectivity index (χ1n) is 6.08. The van der Waals surface area contributed by atoms with Crippen LogP contribution in [0, 0.1) is 5.92 Å². The van der Waals surface area contributed by atoms with Crippen LogP contribution in [0.3, 0.4) is 0 Å². The third kappa shape index (κ3) is 3.85. The van der Waals surface area contributed by atoms with E-state index in [1.807, 2.05) is 6.07 Å². The summed E-state index contributed by atoms with van der Waals surface area (Å²) in [5, 5.41) is 12.3. The molecule has 1 saturated heterocycles. The molecule has 2 heterocycles. The molecule has 1 aromatic heterocycles. The molecule has 5 nitrogen and oxygen atoms in total. The van der Waals surface area contributed by atoms with Gasteiger partial charge >= 0.3 is 5.97 Å². The molecule has 0 radical (unpaired) electrons. The van der Waals surface area contributed by atoms with Crippen molar-refractivity contribution in [3.8, 4) is 0 Å². The van der Waals surface area contributed by atoms with Gasteiger partial charge in [0.25, 0.3) is 0 Å².